The van der Waals surface area contributed by atoms with Crippen molar-refractivity contribution in [3.8, 4) is 6.07 Å². The quantitative estimate of drug-likeness (QED) is 0.552. The van der Waals surface area contributed by atoms with Crippen LogP contribution >= 0.6 is 11.8 Å². The van der Waals surface area contributed by atoms with E-state index in [2.05, 4.69) is 6.07 Å². The van der Waals surface area contributed by atoms with Crippen molar-refractivity contribution in [2.45, 2.75) is 10.6 Å². The number of morpholine rings is 1. The molecule has 0 bridgehead atoms. The second-order valence-electron chi connectivity index (χ2n) is 6.16. The number of rotatable bonds is 6. The van der Waals surface area contributed by atoms with E-state index in [1.54, 1.807) is 29.2 Å². The number of nitrogens with zero attached hydrogens (tertiary/aromatic N) is 2. The predicted molar refractivity (Wildman–Crippen MR) is 105 cm³/mol. The molecule has 2 aromatic carbocycles. The lowest BCUT2D eigenvalue weighted by Crippen LogP contribution is -2.42. The van der Waals surface area contributed by atoms with Crippen molar-refractivity contribution in [1.82, 2.24) is 4.90 Å². The molecule has 0 unspecified atom stereocenters. The summed E-state index contributed by atoms with van der Waals surface area (Å²) in [6, 6.07) is 16.6. The molecule has 1 aliphatic heterocycles. The van der Waals surface area contributed by atoms with E-state index >= 15 is 0 Å². The SMILES string of the molecule is N#Cc1ccc(CSc2ccccc2C(=O)OCC(=O)N2CCOCC2)cc1. The first kappa shape index (κ1) is 19.9. The van der Waals surface area contributed by atoms with Gasteiger partial charge in [0.05, 0.1) is 30.4 Å². The highest BCUT2D eigenvalue weighted by molar-refractivity contribution is 7.98. The van der Waals surface area contributed by atoms with Gasteiger partial charge in [-0.25, -0.2) is 4.79 Å². The molecule has 0 radical (unpaired) electrons. The summed E-state index contributed by atoms with van der Waals surface area (Å²) in [5, 5.41) is 8.87. The van der Waals surface area contributed by atoms with E-state index in [0.29, 0.717) is 43.2 Å². The molecule has 0 spiro atoms. The standard InChI is InChI=1S/C21H20N2O4S/c22-13-16-5-7-17(8-6-16)15-28-19-4-2-1-3-18(19)21(25)27-14-20(24)23-9-11-26-12-10-23/h1-8H,9-12,14-15H2. The molecule has 3 rings (SSSR count). The maximum atomic E-state index is 12.5. The van der Waals surface area contributed by atoms with Crippen molar-refractivity contribution in [3.63, 3.8) is 0 Å². The summed E-state index contributed by atoms with van der Waals surface area (Å²) in [7, 11) is 0. The van der Waals surface area contributed by atoms with Crippen molar-refractivity contribution in [1.29, 1.82) is 5.26 Å². The summed E-state index contributed by atoms with van der Waals surface area (Å²) in [5.74, 6) is -0.0631. The number of esters is 1. The van der Waals surface area contributed by atoms with E-state index in [1.807, 2.05) is 24.3 Å². The number of carbonyl (C=O) groups excluding carboxylic acids is 2. The fourth-order valence-electron chi connectivity index (χ4n) is 2.71. The second-order valence-corrected chi connectivity index (χ2v) is 7.18. The molecule has 144 valence electrons. The Labute approximate surface area is 168 Å². The van der Waals surface area contributed by atoms with Crippen LogP contribution in [-0.4, -0.2) is 49.7 Å². The Morgan fingerprint density at radius 1 is 1.11 bits per heavy atom. The van der Waals surface area contributed by atoms with Gasteiger partial charge in [-0.3, -0.25) is 4.79 Å². The van der Waals surface area contributed by atoms with Crippen LogP contribution in [0.5, 0.6) is 0 Å². The van der Waals surface area contributed by atoms with Crippen LogP contribution < -0.4 is 0 Å². The number of thioether (sulfide) groups is 1. The average molecular weight is 396 g/mol. The van der Waals surface area contributed by atoms with E-state index in [9.17, 15) is 9.59 Å². The summed E-state index contributed by atoms with van der Waals surface area (Å²) in [6.07, 6.45) is 0. The minimum atomic E-state index is -0.510. The first-order valence-corrected chi connectivity index (χ1v) is 9.89. The number of carbonyl (C=O) groups is 2. The molecule has 6 nitrogen and oxygen atoms in total. The predicted octanol–water partition coefficient (Wildman–Crippen LogP) is 2.87. The first-order valence-electron chi connectivity index (χ1n) is 8.91. The largest absolute Gasteiger partial charge is 0.452 e. The van der Waals surface area contributed by atoms with Gasteiger partial charge < -0.3 is 14.4 Å². The first-order chi connectivity index (χ1) is 13.7. The van der Waals surface area contributed by atoms with Crippen molar-refractivity contribution < 1.29 is 19.1 Å². The zero-order chi connectivity index (χ0) is 19.8. The average Bonchev–Trinajstić information content (AvgIpc) is 2.77. The minimum absolute atomic E-state index is 0.209. The summed E-state index contributed by atoms with van der Waals surface area (Å²) >= 11 is 1.51. The van der Waals surface area contributed by atoms with E-state index in [4.69, 9.17) is 14.7 Å². The zero-order valence-corrected chi connectivity index (χ0v) is 16.1. The Bertz CT molecular complexity index is 871. The topological polar surface area (TPSA) is 79.6 Å². The number of benzene rings is 2. The Balaban J connectivity index is 1.58. The fraction of sp³-hybridized carbons (Fsp3) is 0.286. The van der Waals surface area contributed by atoms with Crippen molar-refractivity contribution >= 4 is 23.6 Å². The van der Waals surface area contributed by atoms with Crippen LogP contribution in [0.15, 0.2) is 53.4 Å². The van der Waals surface area contributed by atoms with Crippen LogP contribution in [0.4, 0.5) is 0 Å². The maximum absolute atomic E-state index is 12.5. The van der Waals surface area contributed by atoms with Gasteiger partial charge in [-0.2, -0.15) is 5.26 Å². The van der Waals surface area contributed by atoms with Gasteiger partial charge in [0, 0.05) is 23.7 Å². The number of nitriles is 1. The highest BCUT2D eigenvalue weighted by Crippen LogP contribution is 2.27. The summed E-state index contributed by atoms with van der Waals surface area (Å²) in [5.41, 5.74) is 2.10. The van der Waals surface area contributed by atoms with Gasteiger partial charge in [-0.15, -0.1) is 11.8 Å². The van der Waals surface area contributed by atoms with Crippen LogP contribution in [0.3, 0.4) is 0 Å². The fourth-order valence-corrected chi connectivity index (χ4v) is 3.70. The van der Waals surface area contributed by atoms with E-state index in [-0.39, 0.29) is 12.5 Å². The van der Waals surface area contributed by atoms with E-state index in [1.165, 1.54) is 11.8 Å². The van der Waals surface area contributed by atoms with Crippen molar-refractivity contribution in [2.24, 2.45) is 0 Å². The van der Waals surface area contributed by atoms with E-state index < -0.39 is 5.97 Å². The molecule has 1 aliphatic rings. The number of hydrogen-bond donors (Lipinski definition) is 0. The molecule has 1 saturated heterocycles. The molecule has 2 aromatic rings. The van der Waals surface area contributed by atoms with Crippen LogP contribution in [0.2, 0.25) is 0 Å². The second kappa shape index (κ2) is 9.93. The molecule has 0 saturated carbocycles. The summed E-state index contributed by atoms with van der Waals surface area (Å²) in [4.78, 5) is 27.1. The smallest absolute Gasteiger partial charge is 0.339 e. The van der Waals surface area contributed by atoms with Gasteiger partial charge in [0.1, 0.15) is 0 Å². The van der Waals surface area contributed by atoms with Gasteiger partial charge in [-0.1, -0.05) is 24.3 Å². The van der Waals surface area contributed by atoms with Gasteiger partial charge in [0.25, 0.3) is 5.91 Å². The molecule has 0 atom stereocenters. The zero-order valence-electron chi connectivity index (χ0n) is 15.3. The molecule has 0 aromatic heterocycles. The third kappa shape index (κ3) is 5.35. The molecule has 1 fully saturated rings. The van der Waals surface area contributed by atoms with Gasteiger partial charge in [0.2, 0.25) is 0 Å². The van der Waals surface area contributed by atoms with Crippen molar-refractivity contribution in [3.05, 3.63) is 65.2 Å². The molecule has 28 heavy (non-hydrogen) atoms. The monoisotopic (exact) mass is 396 g/mol. The lowest BCUT2D eigenvalue weighted by Gasteiger charge is -2.26. The molecular formula is C21H20N2O4S. The highest BCUT2D eigenvalue weighted by atomic mass is 32.2. The minimum Gasteiger partial charge on any atom is -0.452 e. The molecule has 7 heteroatoms. The van der Waals surface area contributed by atoms with Gasteiger partial charge in [-0.05, 0) is 29.8 Å². The summed E-state index contributed by atoms with van der Waals surface area (Å²) < 4.78 is 10.5. The molecule has 0 N–H and O–H groups in total. The summed E-state index contributed by atoms with van der Waals surface area (Å²) in [6.45, 7) is 1.79. The Hall–Kier alpha value is -2.82. The molecule has 1 heterocycles. The van der Waals surface area contributed by atoms with Gasteiger partial charge in [0.15, 0.2) is 6.61 Å². The van der Waals surface area contributed by atoms with Gasteiger partial charge >= 0.3 is 5.97 Å². The number of amides is 1. The van der Waals surface area contributed by atoms with Crippen molar-refractivity contribution in [2.75, 3.05) is 32.9 Å². The van der Waals surface area contributed by atoms with Crippen LogP contribution in [0.25, 0.3) is 0 Å². The Kier molecular flexibility index (Phi) is 7.06. The maximum Gasteiger partial charge on any atom is 0.339 e. The molecule has 0 aliphatic carbocycles. The van der Waals surface area contributed by atoms with Crippen LogP contribution in [0.1, 0.15) is 21.5 Å². The van der Waals surface area contributed by atoms with Crippen LogP contribution in [0, 0.1) is 11.3 Å². The Morgan fingerprint density at radius 3 is 2.54 bits per heavy atom. The normalized spacial score (nSPS) is 13.6. The lowest BCUT2D eigenvalue weighted by molar-refractivity contribution is -0.138. The van der Waals surface area contributed by atoms with Crippen LogP contribution in [-0.2, 0) is 20.0 Å². The highest BCUT2D eigenvalue weighted by Gasteiger charge is 2.20. The third-order valence-electron chi connectivity index (χ3n) is 4.27. The number of ether oxygens (including phenoxy) is 2. The molecule has 1 amide bonds. The third-order valence-corrected chi connectivity index (χ3v) is 5.42. The Morgan fingerprint density at radius 2 is 1.82 bits per heavy atom. The van der Waals surface area contributed by atoms with E-state index in [0.717, 1.165) is 10.5 Å². The molecular weight excluding hydrogens is 376 g/mol. The lowest BCUT2D eigenvalue weighted by atomic mass is 10.2. The number of hydrogen-bond acceptors (Lipinski definition) is 6.